The molecule has 332 valence electrons. The van der Waals surface area contributed by atoms with E-state index in [2.05, 4.69) is 21.3 Å². The van der Waals surface area contributed by atoms with E-state index in [1.54, 1.807) is 58.0 Å². The normalized spacial score (nSPS) is 18.3. The molecular formula is C41H50F4N6O10. The van der Waals surface area contributed by atoms with Crippen LogP contribution in [0.5, 0.6) is 0 Å². The molecule has 0 radical (unpaired) electrons. The number of primary amides is 1. The first-order valence-corrected chi connectivity index (χ1v) is 19.8. The summed E-state index contributed by atoms with van der Waals surface area (Å²) in [4.78, 5) is 106. The van der Waals surface area contributed by atoms with Crippen LogP contribution in [0, 0.1) is 29.2 Å². The number of benzene rings is 2. The summed E-state index contributed by atoms with van der Waals surface area (Å²) in [6, 6.07) is 2.31. The molecule has 2 fully saturated rings. The van der Waals surface area contributed by atoms with Crippen LogP contribution in [0.1, 0.15) is 111 Å². The molecule has 1 aliphatic heterocycles. The molecule has 2 aliphatic rings. The molecule has 4 rings (SSSR count). The van der Waals surface area contributed by atoms with E-state index in [-0.39, 0.29) is 25.8 Å². The maximum absolute atomic E-state index is 15.1. The number of amides is 6. The Bertz CT molecular complexity index is 2030. The van der Waals surface area contributed by atoms with E-state index in [0.717, 1.165) is 11.3 Å². The Morgan fingerprint density at radius 1 is 0.869 bits per heavy atom. The molecular weight excluding hydrogens is 812 g/mol. The number of likely N-dealkylation sites (tertiary alicyclic amines) is 1. The van der Waals surface area contributed by atoms with Crippen LogP contribution >= 0.6 is 0 Å². The standard InChI is InChI=1S/C41H50F4N6O10/c1-5-12-23(34(53)38(57)47-18-25(52)49-32(35(46)54)20-13-8-6-9-14-20)48-36(55)24-17-22(61-41(2,3)4)19-51(24)39(58)33(21-15-10-7-11-16-21)50-37(56)26-27(40(59)60)29(43)31(45)30(44)28(26)42/h6,8-9,13-14,21-24,32-33H,5,7,10-12,15-19H2,1-4H3,(H2,46,54)(H,47,57)(H,48,55)(H,49,52)(H,50,56)(H,59,60)/t22-,23?,24+,32+,33+/m1/s1. The Labute approximate surface area is 348 Å². The highest BCUT2D eigenvalue weighted by Gasteiger charge is 2.47. The fraction of sp³-hybridized carbons (Fsp3) is 0.512. The SMILES string of the molecule is CCCC(NC(=O)[C@@H]1C[C@@H](OC(C)(C)C)CN1C(=O)[C@@H](NC(=O)c1c(F)c(F)c(F)c(F)c1C(=O)O)C1CCCCC1)C(=O)C(=O)NCC(=O)N[C@H](C(N)=O)c1ccccc1. The number of carbonyl (C=O) groups excluding carboxylic acids is 7. The third-order valence-electron chi connectivity index (χ3n) is 10.3. The number of carboxylic acids is 1. The number of nitrogens with one attached hydrogen (secondary N) is 4. The Kier molecular flexibility index (Phi) is 16.1. The van der Waals surface area contributed by atoms with Gasteiger partial charge in [0.1, 0.15) is 23.7 Å². The van der Waals surface area contributed by atoms with Crippen LogP contribution in [0.15, 0.2) is 30.3 Å². The second-order valence-corrected chi connectivity index (χ2v) is 16.0. The number of Topliss-reactive ketones (excluding diaryl/α,β-unsaturated/α-hetero) is 1. The van der Waals surface area contributed by atoms with Gasteiger partial charge in [-0.25, -0.2) is 22.4 Å². The monoisotopic (exact) mass is 862 g/mol. The molecule has 16 nitrogen and oxygen atoms in total. The molecule has 5 atom stereocenters. The van der Waals surface area contributed by atoms with E-state index in [4.69, 9.17) is 10.5 Å². The highest BCUT2D eigenvalue weighted by Crippen LogP contribution is 2.32. The minimum absolute atomic E-state index is 0.0620. The lowest BCUT2D eigenvalue weighted by Gasteiger charge is -2.35. The number of nitrogens with zero attached hydrogens (tertiary/aromatic N) is 1. The average Bonchev–Trinajstić information content (AvgIpc) is 3.63. The molecule has 1 saturated heterocycles. The molecule has 1 heterocycles. The molecule has 0 aromatic heterocycles. The summed E-state index contributed by atoms with van der Waals surface area (Å²) in [5.74, 6) is -20.2. The van der Waals surface area contributed by atoms with E-state index >= 15 is 4.39 Å². The first kappa shape index (κ1) is 47.8. The van der Waals surface area contributed by atoms with Crippen molar-refractivity contribution in [1.82, 2.24) is 26.2 Å². The molecule has 1 saturated carbocycles. The van der Waals surface area contributed by atoms with Gasteiger partial charge in [0.25, 0.3) is 11.8 Å². The van der Waals surface area contributed by atoms with Gasteiger partial charge in [-0.05, 0) is 51.5 Å². The maximum Gasteiger partial charge on any atom is 0.339 e. The van der Waals surface area contributed by atoms with Gasteiger partial charge in [0.2, 0.25) is 29.4 Å². The summed E-state index contributed by atoms with van der Waals surface area (Å²) in [5.41, 5.74) is 1.54. The van der Waals surface area contributed by atoms with Crippen molar-refractivity contribution in [3.63, 3.8) is 0 Å². The van der Waals surface area contributed by atoms with Crippen molar-refractivity contribution in [1.29, 1.82) is 0 Å². The average molecular weight is 863 g/mol. The summed E-state index contributed by atoms with van der Waals surface area (Å²) in [6.07, 6.45) is 1.80. The molecule has 61 heavy (non-hydrogen) atoms. The minimum atomic E-state index is -2.46. The van der Waals surface area contributed by atoms with E-state index < -0.39 is 130 Å². The Balaban J connectivity index is 1.58. The number of rotatable bonds is 17. The number of ether oxygens (including phenoxy) is 1. The predicted molar refractivity (Wildman–Crippen MR) is 207 cm³/mol. The second-order valence-electron chi connectivity index (χ2n) is 16.0. The van der Waals surface area contributed by atoms with Crippen molar-refractivity contribution in [2.24, 2.45) is 11.7 Å². The van der Waals surface area contributed by atoms with Gasteiger partial charge in [0.15, 0.2) is 23.3 Å². The lowest BCUT2D eigenvalue weighted by molar-refractivity contribution is -0.143. The van der Waals surface area contributed by atoms with Crippen LogP contribution < -0.4 is 27.0 Å². The summed E-state index contributed by atoms with van der Waals surface area (Å²) in [6.45, 7) is 5.83. The Morgan fingerprint density at radius 2 is 1.48 bits per heavy atom. The van der Waals surface area contributed by atoms with Crippen molar-refractivity contribution in [3.05, 3.63) is 70.3 Å². The number of carbonyl (C=O) groups is 8. The van der Waals surface area contributed by atoms with E-state index in [1.807, 2.05) is 0 Å². The van der Waals surface area contributed by atoms with Gasteiger partial charge in [-0.1, -0.05) is 62.9 Å². The largest absolute Gasteiger partial charge is 0.478 e. The van der Waals surface area contributed by atoms with Crippen molar-refractivity contribution < 1.29 is 65.8 Å². The minimum Gasteiger partial charge on any atom is -0.478 e. The number of ketones is 1. The fourth-order valence-corrected chi connectivity index (χ4v) is 7.57. The van der Waals surface area contributed by atoms with Crippen molar-refractivity contribution in [3.8, 4) is 0 Å². The van der Waals surface area contributed by atoms with Crippen LogP contribution in [0.4, 0.5) is 17.6 Å². The Hall–Kier alpha value is -5.92. The third-order valence-corrected chi connectivity index (χ3v) is 10.3. The van der Waals surface area contributed by atoms with E-state index in [0.29, 0.717) is 31.2 Å². The number of hydrogen-bond acceptors (Lipinski definition) is 9. The number of aromatic carboxylic acids is 1. The van der Waals surface area contributed by atoms with E-state index in [9.17, 15) is 56.6 Å². The highest BCUT2D eigenvalue weighted by atomic mass is 19.2. The summed E-state index contributed by atoms with van der Waals surface area (Å²) >= 11 is 0. The van der Waals surface area contributed by atoms with Gasteiger partial charge in [-0.2, -0.15) is 0 Å². The number of nitrogens with two attached hydrogens (primary N) is 1. The van der Waals surface area contributed by atoms with Crippen molar-refractivity contribution in [2.75, 3.05) is 13.1 Å². The summed E-state index contributed by atoms with van der Waals surface area (Å²) in [5, 5.41) is 18.8. The second kappa shape index (κ2) is 20.6. The maximum atomic E-state index is 15.1. The van der Waals surface area contributed by atoms with Gasteiger partial charge < -0.3 is 41.7 Å². The predicted octanol–water partition coefficient (Wildman–Crippen LogP) is 2.72. The fourth-order valence-electron chi connectivity index (χ4n) is 7.57. The lowest BCUT2D eigenvalue weighted by atomic mass is 9.83. The van der Waals surface area contributed by atoms with E-state index in [1.165, 1.54) is 0 Å². The first-order valence-electron chi connectivity index (χ1n) is 19.8. The quantitative estimate of drug-likeness (QED) is 0.0588. The smallest absolute Gasteiger partial charge is 0.339 e. The molecule has 6 amide bonds. The lowest BCUT2D eigenvalue weighted by Crippen LogP contribution is -2.58. The first-order chi connectivity index (χ1) is 28.7. The van der Waals surface area contributed by atoms with Crippen LogP contribution in [0.25, 0.3) is 0 Å². The molecule has 7 N–H and O–H groups in total. The highest BCUT2D eigenvalue weighted by molar-refractivity contribution is 6.38. The van der Waals surface area contributed by atoms with Crippen LogP contribution in [0.2, 0.25) is 0 Å². The van der Waals surface area contributed by atoms with Gasteiger partial charge >= 0.3 is 5.97 Å². The van der Waals surface area contributed by atoms with Crippen molar-refractivity contribution >= 4 is 47.2 Å². The zero-order valence-electron chi connectivity index (χ0n) is 34.1. The molecule has 2 aromatic carbocycles. The number of hydrogen-bond donors (Lipinski definition) is 6. The zero-order valence-corrected chi connectivity index (χ0v) is 34.1. The van der Waals surface area contributed by atoms with Gasteiger partial charge in [-0.15, -0.1) is 0 Å². The van der Waals surface area contributed by atoms with Crippen LogP contribution in [0.3, 0.4) is 0 Å². The topological polar surface area (TPSA) is 243 Å². The molecule has 1 unspecified atom stereocenters. The van der Waals surface area contributed by atoms with Gasteiger partial charge in [-0.3, -0.25) is 33.6 Å². The molecule has 0 bridgehead atoms. The summed E-state index contributed by atoms with van der Waals surface area (Å²) in [7, 11) is 0. The molecule has 20 heteroatoms. The summed E-state index contributed by atoms with van der Waals surface area (Å²) < 4.78 is 64.2. The number of carboxylic acid groups (broad SMARTS) is 1. The van der Waals surface area contributed by atoms with Crippen molar-refractivity contribution in [2.45, 2.75) is 115 Å². The third kappa shape index (κ3) is 11.9. The van der Waals surface area contributed by atoms with Gasteiger partial charge in [0.05, 0.1) is 29.9 Å². The van der Waals surface area contributed by atoms with Crippen LogP contribution in [-0.2, 0) is 33.5 Å². The van der Waals surface area contributed by atoms with Crippen LogP contribution in [-0.4, -0.2) is 100 Å². The molecule has 1 aliphatic carbocycles. The Morgan fingerprint density at radius 3 is 2.03 bits per heavy atom. The van der Waals surface area contributed by atoms with Gasteiger partial charge in [0, 0.05) is 13.0 Å². The zero-order chi connectivity index (χ0) is 45.3. The molecule has 2 aromatic rings. The number of halogens is 4. The molecule has 0 spiro atoms.